The number of carbonyl (C=O) groups is 2. The van der Waals surface area contributed by atoms with Gasteiger partial charge in [-0.1, -0.05) is 26.0 Å². The van der Waals surface area contributed by atoms with Gasteiger partial charge < -0.3 is 10.2 Å². The summed E-state index contributed by atoms with van der Waals surface area (Å²) in [5.41, 5.74) is 1.34. The summed E-state index contributed by atoms with van der Waals surface area (Å²) in [5.74, 6) is 0.108. The van der Waals surface area contributed by atoms with E-state index in [-0.39, 0.29) is 29.7 Å². The number of sulfonamides is 1. The predicted molar refractivity (Wildman–Crippen MR) is 119 cm³/mol. The van der Waals surface area contributed by atoms with Gasteiger partial charge in [0.05, 0.1) is 16.3 Å². The van der Waals surface area contributed by atoms with E-state index < -0.39 is 10.0 Å². The van der Waals surface area contributed by atoms with Crippen LogP contribution >= 0.6 is 11.8 Å². The van der Waals surface area contributed by atoms with Gasteiger partial charge in [-0.25, -0.2) is 8.42 Å². The van der Waals surface area contributed by atoms with E-state index in [2.05, 4.69) is 5.32 Å². The zero-order chi connectivity index (χ0) is 21.7. The molecule has 0 aliphatic carbocycles. The van der Waals surface area contributed by atoms with Crippen molar-refractivity contribution >= 4 is 45.0 Å². The van der Waals surface area contributed by atoms with Gasteiger partial charge in [-0.15, -0.1) is 11.8 Å². The summed E-state index contributed by atoms with van der Waals surface area (Å²) in [6, 6.07) is 13.8. The first-order valence-corrected chi connectivity index (χ1v) is 12.2. The highest BCUT2D eigenvalue weighted by Crippen LogP contribution is 2.34. The summed E-state index contributed by atoms with van der Waals surface area (Å²) in [4.78, 5) is 27.5. The van der Waals surface area contributed by atoms with Crippen molar-refractivity contribution in [1.82, 2.24) is 4.31 Å². The number of benzene rings is 2. The molecule has 1 aliphatic rings. The fourth-order valence-electron chi connectivity index (χ4n) is 3.26. The maximum absolute atomic E-state index is 12.5. The molecule has 0 atom stereocenters. The molecule has 0 aromatic heterocycles. The van der Waals surface area contributed by atoms with E-state index in [1.54, 1.807) is 30.9 Å². The van der Waals surface area contributed by atoms with Crippen molar-refractivity contribution in [3.63, 3.8) is 0 Å². The van der Waals surface area contributed by atoms with Gasteiger partial charge in [0, 0.05) is 36.6 Å². The second-order valence-electron chi connectivity index (χ2n) is 6.71. The first-order chi connectivity index (χ1) is 14.4. The Labute approximate surface area is 181 Å². The number of fused-ring (bicyclic) bond motifs is 1. The van der Waals surface area contributed by atoms with Crippen molar-refractivity contribution in [3.8, 4) is 0 Å². The number of hydrogen-bond donors (Lipinski definition) is 1. The molecule has 0 bridgehead atoms. The molecule has 0 radical (unpaired) electrons. The van der Waals surface area contributed by atoms with Crippen LogP contribution in [0.25, 0.3) is 0 Å². The Morgan fingerprint density at radius 2 is 1.77 bits per heavy atom. The van der Waals surface area contributed by atoms with Crippen molar-refractivity contribution < 1.29 is 18.0 Å². The third-order valence-corrected chi connectivity index (χ3v) is 7.96. The first-order valence-electron chi connectivity index (χ1n) is 9.79. The monoisotopic (exact) mass is 447 g/mol. The van der Waals surface area contributed by atoms with Crippen molar-refractivity contribution in [2.75, 3.05) is 35.6 Å². The second kappa shape index (κ2) is 9.63. The Kier molecular flexibility index (Phi) is 7.17. The van der Waals surface area contributed by atoms with Crippen molar-refractivity contribution in [3.05, 3.63) is 48.5 Å². The molecule has 0 saturated heterocycles. The summed E-state index contributed by atoms with van der Waals surface area (Å²) in [6.07, 6.45) is 0.143. The van der Waals surface area contributed by atoms with Gasteiger partial charge in [-0.3, -0.25) is 9.59 Å². The summed E-state index contributed by atoms with van der Waals surface area (Å²) in [7, 11) is -3.53. The summed E-state index contributed by atoms with van der Waals surface area (Å²) in [5, 5.41) is 2.77. The number of carbonyl (C=O) groups excluding carboxylic acids is 2. The molecule has 2 amide bonds. The standard InChI is InChI=1S/C21H25N3O4S2/c1-3-23(4-2)30(27,28)17-11-9-16(10-12-17)22-20(25)13-14-24-18-7-5-6-8-19(18)29-15-21(24)26/h5-12H,3-4,13-15H2,1-2H3,(H,22,25). The molecule has 0 unspecified atom stereocenters. The molecule has 9 heteroatoms. The summed E-state index contributed by atoms with van der Waals surface area (Å²) >= 11 is 1.50. The molecule has 0 spiro atoms. The van der Waals surface area contributed by atoms with Crippen LogP contribution in [0.2, 0.25) is 0 Å². The Hall–Kier alpha value is -2.36. The van der Waals surface area contributed by atoms with Gasteiger partial charge in [0.25, 0.3) is 0 Å². The highest BCUT2D eigenvalue weighted by atomic mass is 32.2. The molecule has 30 heavy (non-hydrogen) atoms. The molecule has 1 aliphatic heterocycles. The average molecular weight is 448 g/mol. The Balaban J connectivity index is 1.61. The second-order valence-corrected chi connectivity index (χ2v) is 9.67. The molecular formula is C21H25N3O4S2. The van der Waals surface area contributed by atoms with Crippen LogP contribution < -0.4 is 10.2 Å². The smallest absolute Gasteiger partial charge is 0.243 e. The van der Waals surface area contributed by atoms with Crippen LogP contribution in [0.5, 0.6) is 0 Å². The highest BCUT2D eigenvalue weighted by molar-refractivity contribution is 8.00. The van der Waals surface area contributed by atoms with E-state index in [4.69, 9.17) is 0 Å². The van der Waals surface area contributed by atoms with E-state index in [0.717, 1.165) is 10.6 Å². The van der Waals surface area contributed by atoms with Crippen LogP contribution in [0, 0.1) is 0 Å². The quantitative estimate of drug-likeness (QED) is 0.672. The van der Waals surface area contributed by atoms with Crippen molar-refractivity contribution in [2.24, 2.45) is 0 Å². The molecule has 2 aromatic carbocycles. The van der Waals surface area contributed by atoms with E-state index >= 15 is 0 Å². The molecule has 2 aromatic rings. The zero-order valence-electron chi connectivity index (χ0n) is 17.0. The summed E-state index contributed by atoms with van der Waals surface area (Å²) < 4.78 is 26.5. The van der Waals surface area contributed by atoms with Gasteiger partial charge >= 0.3 is 0 Å². The Morgan fingerprint density at radius 1 is 1.10 bits per heavy atom. The predicted octanol–water partition coefficient (Wildman–Crippen LogP) is 3.18. The number of para-hydroxylation sites is 1. The minimum atomic E-state index is -3.53. The minimum Gasteiger partial charge on any atom is -0.326 e. The summed E-state index contributed by atoms with van der Waals surface area (Å²) in [6.45, 7) is 4.67. The topological polar surface area (TPSA) is 86.8 Å². The lowest BCUT2D eigenvalue weighted by molar-refractivity contribution is -0.117. The molecular weight excluding hydrogens is 422 g/mol. The van der Waals surface area contributed by atoms with E-state index in [0.29, 0.717) is 24.5 Å². The van der Waals surface area contributed by atoms with Gasteiger partial charge in [0.2, 0.25) is 21.8 Å². The normalized spacial score (nSPS) is 14.0. The number of amides is 2. The first kappa shape index (κ1) is 22.3. The van der Waals surface area contributed by atoms with Gasteiger partial charge in [-0.05, 0) is 36.4 Å². The molecule has 1 N–H and O–H groups in total. The largest absolute Gasteiger partial charge is 0.326 e. The Morgan fingerprint density at radius 3 is 2.43 bits per heavy atom. The number of rotatable bonds is 8. The molecule has 0 saturated carbocycles. The SMILES string of the molecule is CCN(CC)S(=O)(=O)c1ccc(NC(=O)CCN2C(=O)CSc3ccccc32)cc1. The maximum Gasteiger partial charge on any atom is 0.243 e. The van der Waals surface area contributed by atoms with Crippen molar-refractivity contribution in [1.29, 1.82) is 0 Å². The third kappa shape index (κ3) is 4.85. The van der Waals surface area contributed by atoms with Gasteiger partial charge in [0.15, 0.2) is 0 Å². The lowest BCUT2D eigenvalue weighted by Crippen LogP contribution is -2.37. The number of nitrogens with zero attached hydrogens (tertiary/aromatic N) is 2. The number of thioether (sulfide) groups is 1. The molecule has 3 rings (SSSR count). The van der Waals surface area contributed by atoms with Crippen LogP contribution in [0.15, 0.2) is 58.3 Å². The molecule has 7 nitrogen and oxygen atoms in total. The van der Waals surface area contributed by atoms with E-state index in [9.17, 15) is 18.0 Å². The van der Waals surface area contributed by atoms with Crippen LogP contribution in [0.4, 0.5) is 11.4 Å². The minimum absolute atomic E-state index is 0.0162. The fourth-order valence-corrected chi connectivity index (χ4v) is 5.65. The molecule has 1 heterocycles. The number of hydrogen-bond acceptors (Lipinski definition) is 5. The molecule has 160 valence electrons. The van der Waals surface area contributed by atoms with E-state index in [1.165, 1.54) is 28.2 Å². The van der Waals surface area contributed by atoms with Crippen LogP contribution in [-0.4, -0.2) is 49.9 Å². The number of nitrogens with one attached hydrogen (secondary N) is 1. The third-order valence-electron chi connectivity index (χ3n) is 4.85. The lowest BCUT2D eigenvalue weighted by Gasteiger charge is -2.28. The Bertz CT molecular complexity index is 1020. The van der Waals surface area contributed by atoms with Crippen LogP contribution in [-0.2, 0) is 19.6 Å². The lowest BCUT2D eigenvalue weighted by atomic mass is 10.2. The number of anilines is 2. The van der Waals surface area contributed by atoms with Gasteiger partial charge in [0.1, 0.15) is 0 Å². The van der Waals surface area contributed by atoms with Crippen LogP contribution in [0.3, 0.4) is 0 Å². The maximum atomic E-state index is 12.5. The van der Waals surface area contributed by atoms with Gasteiger partial charge in [-0.2, -0.15) is 4.31 Å². The zero-order valence-corrected chi connectivity index (χ0v) is 18.6. The highest BCUT2D eigenvalue weighted by Gasteiger charge is 2.25. The van der Waals surface area contributed by atoms with Crippen LogP contribution in [0.1, 0.15) is 20.3 Å². The fraction of sp³-hybridized carbons (Fsp3) is 0.333. The molecule has 0 fully saturated rings. The van der Waals surface area contributed by atoms with Crippen molar-refractivity contribution in [2.45, 2.75) is 30.1 Å². The average Bonchev–Trinajstić information content (AvgIpc) is 2.74. The van der Waals surface area contributed by atoms with E-state index in [1.807, 2.05) is 24.3 Å².